The molecule has 1 amide bonds. The van der Waals surface area contributed by atoms with E-state index in [4.69, 9.17) is 11.6 Å². The molecule has 0 aliphatic heterocycles. The van der Waals surface area contributed by atoms with E-state index in [1.54, 1.807) is 6.92 Å². The molecule has 0 saturated heterocycles. The van der Waals surface area contributed by atoms with Crippen molar-refractivity contribution in [2.45, 2.75) is 25.7 Å². The third-order valence-corrected chi connectivity index (χ3v) is 3.70. The van der Waals surface area contributed by atoms with E-state index in [9.17, 15) is 27.2 Å². The van der Waals surface area contributed by atoms with Gasteiger partial charge in [0, 0.05) is 6.20 Å². The first-order chi connectivity index (χ1) is 11.6. The van der Waals surface area contributed by atoms with Gasteiger partial charge in [0.05, 0.1) is 11.6 Å². The summed E-state index contributed by atoms with van der Waals surface area (Å²) in [7, 11) is 0. The number of nitrogens with one attached hydrogen (secondary N) is 1. The lowest BCUT2D eigenvalue weighted by atomic mass is 10.1. The highest BCUT2D eigenvalue weighted by molar-refractivity contribution is 6.30. The van der Waals surface area contributed by atoms with Crippen LogP contribution in [0.5, 0.6) is 0 Å². The van der Waals surface area contributed by atoms with Gasteiger partial charge in [-0.05, 0) is 30.7 Å². The lowest BCUT2D eigenvalue weighted by molar-refractivity contribution is -0.138. The zero-order valence-electron chi connectivity index (χ0n) is 12.9. The molecule has 4 nitrogen and oxygen atoms in total. The number of aromatic nitrogens is 1. The van der Waals surface area contributed by atoms with Gasteiger partial charge in [0.15, 0.2) is 0 Å². The van der Waals surface area contributed by atoms with Gasteiger partial charge in [0.1, 0.15) is 17.4 Å². The molecule has 9 heteroatoms. The monoisotopic (exact) mass is 376 g/mol. The molecule has 1 N–H and O–H groups in total. The summed E-state index contributed by atoms with van der Waals surface area (Å²) < 4.78 is 51.8. The van der Waals surface area contributed by atoms with Crippen molar-refractivity contribution in [1.82, 2.24) is 9.88 Å². The van der Waals surface area contributed by atoms with Crippen molar-refractivity contribution in [2.24, 2.45) is 0 Å². The average Bonchev–Trinajstić information content (AvgIpc) is 2.51. The zero-order chi connectivity index (χ0) is 18.8. The fourth-order valence-corrected chi connectivity index (χ4v) is 2.37. The smallest absolute Gasteiger partial charge is 0.348 e. The van der Waals surface area contributed by atoms with E-state index >= 15 is 0 Å². The maximum atomic E-state index is 12.9. The molecule has 134 valence electrons. The third-order valence-electron chi connectivity index (χ3n) is 3.43. The second-order valence-electron chi connectivity index (χ2n) is 5.35. The number of rotatable bonds is 4. The highest BCUT2D eigenvalue weighted by Gasteiger charge is 2.32. The van der Waals surface area contributed by atoms with Gasteiger partial charge in [-0.25, -0.2) is 4.39 Å². The van der Waals surface area contributed by atoms with Crippen molar-refractivity contribution in [3.63, 3.8) is 0 Å². The van der Waals surface area contributed by atoms with Crippen LogP contribution in [0.4, 0.5) is 17.6 Å². The van der Waals surface area contributed by atoms with E-state index in [2.05, 4.69) is 5.32 Å². The maximum absolute atomic E-state index is 12.9. The predicted octanol–water partition coefficient (Wildman–Crippen LogP) is 3.54. The molecule has 2 aromatic rings. The molecule has 1 heterocycles. The predicted molar refractivity (Wildman–Crippen MR) is 83.7 cm³/mol. The summed E-state index contributed by atoms with van der Waals surface area (Å²) in [6.07, 6.45) is -4.16. The Balaban J connectivity index is 2.16. The number of amides is 1. The van der Waals surface area contributed by atoms with Gasteiger partial charge in [-0.1, -0.05) is 23.7 Å². The van der Waals surface area contributed by atoms with Crippen molar-refractivity contribution in [3.8, 4) is 0 Å². The average molecular weight is 377 g/mol. The number of carbonyl (C=O) groups excluding carboxylic acids is 1. The molecule has 1 atom stereocenters. The van der Waals surface area contributed by atoms with Gasteiger partial charge in [0.2, 0.25) is 5.91 Å². The summed E-state index contributed by atoms with van der Waals surface area (Å²) in [6, 6.07) is 5.36. The van der Waals surface area contributed by atoms with Crippen LogP contribution in [0.3, 0.4) is 0 Å². The van der Waals surface area contributed by atoms with Gasteiger partial charge in [-0.2, -0.15) is 13.2 Å². The van der Waals surface area contributed by atoms with E-state index in [1.165, 1.54) is 24.3 Å². The number of carbonyl (C=O) groups is 1. The summed E-state index contributed by atoms with van der Waals surface area (Å²) in [5.74, 6) is -1.12. The third kappa shape index (κ3) is 4.82. The quantitative estimate of drug-likeness (QED) is 0.830. The molecule has 0 spiro atoms. The van der Waals surface area contributed by atoms with Crippen LogP contribution in [-0.4, -0.2) is 10.5 Å². The van der Waals surface area contributed by atoms with Crippen molar-refractivity contribution in [1.29, 1.82) is 0 Å². The summed E-state index contributed by atoms with van der Waals surface area (Å²) in [5.41, 5.74) is -1.43. The Labute approximate surface area is 145 Å². The van der Waals surface area contributed by atoms with Crippen molar-refractivity contribution in [2.75, 3.05) is 0 Å². The number of nitrogens with zero attached hydrogens (tertiary/aromatic N) is 1. The highest BCUT2D eigenvalue weighted by Crippen LogP contribution is 2.29. The number of halogens is 5. The number of hydrogen-bond donors (Lipinski definition) is 1. The Kier molecular flexibility index (Phi) is 5.52. The topological polar surface area (TPSA) is 51.1 Å². The lowest BCUT2D eigenvalue weighted by Gasteiger charge is -2.16. The minimum absolute atomic E-state index is 0.438. The molecule has 1 aromatic carbocycles. The molecule has 0 bridgehead atoms. The van der Waals surface area contributed by atoms with Crippen molar-refractivity contribution < 1.29 is 22.4 Å². The maximum Gasteiger partial charge on any atom is 0.417 e. The van der Waals surface area contributed by atoms with Crippen LogP contribution in [0.2, 0.25) is 5.02 Å². The van der Waals surface area contributed by atoms with E-state index in [0.717, 1.165) is 0 Å². The second-order valence-corrected chi connectivity index (χ2v) is 5.76. The Morgan fingerprint density at radius 1 is 1.28 bits per heavy atom. The number of hydrogen-bond acceptors (Lipinski definition) is 2. The molecule has 0 aliphatic rings. The van der Waals surface area contributed by atoms with Gasteiger partial charge in [0.25, 0.3) is 5.56 Å². The first-order valence-corrected chi connectivity index (χ1v) is 7.47. The van der Waals surface area contributed by atoms with E-state index < -0.39 is 46.6 Å². The van der Waals surface area contributed by atoms with E-state index in [1.807, 2.05) is 0 Å². The SMILES string of the molecule is CC(NC(=O)Cn1cc(C(F)(F)F)cc(Cl)c1=O)c1ccc(F)cc1. The van der Waals surface area contributed by atoms with Crippen LogP contribution in [0, 0.1) is 5.82 Å². The molecular weight excluding hydrogens is 364 g/mol. The summed E-state index contributed by atoms with van der Waals surface area (Å²) in [5, 5.41) is 1.89. The standard InChI is InChI=1S/C16H13ClF4N2O2/c1-9(10-2-4-12(18)5-3-10)22-14(24)8-23-7-11(16(19,20)21)6-13(17)15(23)25/h2-7,9H,8H2,1H3,(H,22,24). The van der Waals surface area contributed by atoms with Gasteiger partial charge in [-0.15, -0.1) is 0 Å². The Morgan fingerprint density at radius 2 is 1.88 bits per heavy atom. The van der Waals surface area contributed by atoms with Crippen LogP contribution < -0.4 is 10.9 Å². The number of benzene rings is 1. The normalized spacial score (nSPS) is 12.7. The summed E-state index contributed by atoms with van der Waals surface area (Å²) >= 11 is 5.52. The summed E-state index contributed by atoms with van der Waals surface area (Å²) in [4.78, 5) is 23.8. The Morgan fingerprint density at radius 3 is 2.44 bits per heavy atom. The van der Waals surface area contributed by atoms with Crippen LogP contribution in [0.25, 0.3) is 0 Å². The Hall–Kier alpha value is -2.35. The van der Waals surface area contributed by atoms with Gasteiger partial charge in [-0.3, -0.25) is 9.59 Å². The first-order valence-electron chi connectivity index (χ1n) is 7.10. The molecule has 1 aromatic heterocycles. The Bertz CT molecular complexity index is 832. The van der Waals surface area contributed by atoms with Gasteiger partial charge >= 0.3 is 6.18 Å². The number of alkyl halides is 3. The molecule has 0 fully saturated rings. The minimum Gasteiger partial charge on any atom is -0.348 e. The zero-order valence-corrected chi connectivity index (χ0v) is 13.7. The van der Waals surface area contributed by atoms with Crippen LogP contribution in [0.1, 0.15) is 24.1 Å². The summed E-state index contributed by atoms with van der Waals surface area (Å²) in [6.45, 7) is 0.987. The first kappa shape index (κ1) is 19.0. The number of pyridine rings is 1. The van der Waals surface area contributed by atoms with Crippen molar-refractivity contribution in [3.05, 3.63) is 68.8 Å². The molecular formula is C16H13ClF4N2O2. The molecule has 0 radical (unpaired) electrons. The van der Waals surface area contributed by atoms with Crippen LogP contribution in [-0.2, 0) is 17.5 Å². The van der Waals surface area contributed by atoms with E-state index in [0.29, 0.717) is 22.4 Å². The fraction of sp³-hybridized carbons (Fsp3) is 0.250. The van der Waals surface area contributed by atoms with Gasteiger partial charge < -0.3 is 9.88 Å². The minimum atomic E-state index is -4.70. The van der Waals surface area contributed by atoms with Crippen molar-refractivity contribution >= 4 is 17.5 Å². The van der Waals surface area contributed by atoms with Crippen LogP contribution in [0.15, 0.2) is 41.3 Å². The molecule has 0 aliphatic carbocycles. The molecule has 1 unspecified atom stereocenters. The molecule has 0 saturated carbocycles. The lowest BCUT2D eigenvalue weighted by Crippen LogP contribution is -2.34. The second kappa shape index (κ2) is 7.26. The van der Waals surface area contributed by atoms with E-state index in [-0.39, 0.29) is 0 Å². The fourth-order valence-electron chi connectivity index (χ4n) is 2.15. The van der Waals surface area contributed by atoms with Crippen LogP contribution >= 0.6 is 11.6 Å². The molecule has 25 heavy (non-hydrogen) atoms. The molecule has 2 rings (SSSR count). The highest BCUT2D eigenvalue weighted by atomic mass is 35.5. The largest absolute Gasteiger partial charge is 0.417 e.